The van der Waals surface area contributed by atoms with Crippen molar-refractivity contribution in [2.75, 3.05) is 0 Å². The molecule has 0 saturated heterocycles. The third-order valence-electron chi connectivity index (χ3n) is 3.50. The van der Waals surface area contributed by atoms with Crippen molar-refractivity contribution in [3.8, 4) is 0 Å². The highest BCUT2D eigenvalue weighted by Gasteiger charge is 2.17. The van der Waals surface area contributed by atoms with Crippen molar-refractivity contribution in [3.05, 3.63) is 46.6 Å². The molecule has 0 fully saturated rings. The molecule has 0 saturated carbocycles. The maximum Gasteiger partial charge on any atom is 0.336 e. The van der Waals surface area contributed by atoms with Gasteiger partial charge >= 0.3 is 5.97 Å². The molecule has 2 heteroatoms. The fraction of sp³-hybridized carbons (Fsp3) is 0.471. The zero-order valence-electron chi connectivity index (χ0n) is 12.2. The van der Waals surface area contributed by atoms with Crippen LogP contribution in [0.2, 0.25) is 0 Å². The van der Waals surface area contributed by atoms with Gasteiger partial charge in [-0.25, -0.2) is 4.79 Å². The molecule has 0 spiro atoms. The lowest BCUT2D eigenvalue weighted by atomic mass is 9.91. The second-order valence-electron chi connectivity index (χ2n) is 5.06. The van der Waals surface area contributed by atoms with Gasteiger partial charge in [0.05, 0.1) is 5.57 Å². The minimum absolute atomic E-state index is 0.485. The molecule has 0 aromatic rings. The van der Waals surface area contributed by atoms with Crippen LogP contribution in [0.4, 0.5) is 0 Å². The number of allylic oxidation sites excluding steroid dienone is 6. The highest BCUT2D eigenvalue weighted by Crippen LogP contribution is 2.26. The van der Waals surface area contributed by atoms with Gasteiger partial charge in [-0.05, 0) is 57.1 Å². The lowest BCUT2D eigenvalue weighted by Crippen LogP contribution is -2.08. The Morgan fingerprint density at radius 3 is 2.63 bits per heavy atom. The highest BCUT2D eigenvalue weighted by molar-refractivity contribution is 5.93. The molecule has 1 rings (SSSR count). The molecule has 0 radical (unpaired) electrons. The zero-order valence-corrected chi connectivity index (χ0v) is 12.2. The van der Waals surface area contributed by atoms with Gasteiger partial charge < -0.3 is 5.11 Å². The number of rotatable bonds is 5. The van der Waals surface area contributed by atoms with Crippen molar-refractivity contribution >= 4 is 5.97 Å². The molecule has 1 N–H and O–H groups in total. The zero-order chi connectivity index (χ0) is 14.3. The van der Waals surface area contributed by atoms with Crippen LogP contribution < -0.4 is 0 Å². The van der Waals surface area contributed by atoms with E-state index in [0.29, 0.717) is 5.57 Å². The minimum Gasteiger partial charge on any atom is -0.478 e. The van der Waals surface area contributed by atoms with Gasteiger partial charge in [0.25, 0.3) is 0 Å². The summed E-state index contributed by atoms with van der Waals surface area (Å²) in [5.41, 5.74) is 3.61. The van der Waals surface area contributed by atoms with E-state index < -0.39 is 5.97 Å². The van der Waals surface area contributed by atoms with Gasteiger partial charge in [0.1, 0.15) is 0 Å². The molecule has 0 amide bonds. The number of carboxylic acids is 1. The number of hydrogen-bond donors (Lipinski definition) is 1. The van der Waals surface area contributed by atoms with Crippen LogP contribution in [0.3, 0.4) is 0 Å². The summed E-state index contributed by atoms with van der Waals surface area (Å²) in [6.45, 7) is 6.06. The Labute approximate surface area is 116 Å². The Morgan fingerprint density at radius 1 is 1.37 bits per heavy atom. The van der Waals surface area contributed by atoms with Crippen molar-refractivity contribution in [2.24, 2.45) is 0 Å². The fourth-order valence-electron chi connectivity index (χ4n) is 2.18. The molecular formula is C17H24O2. The van der Waals surface area contributed by atoms with E-state index in [1.807, 2.05) is 25.2 Å². The van der Waals surface area contributed by atoms with Crippen LogP contribution in [0, 0.1) is 0 Å². The van der Waals surface area contributed by atoms with Crippen molar-refractivity contribution in [2.45, 2.75) is 52.9 Å². The third kappa shape index (κ3) is 4.90. The van der Waals surface area contributed by atoms with E-state index in [0.717, 1.165) is 36.8 Å². The molecule has 1 aliphatic carbocycles. The molecule has 104 valence electrons. The molecule has 0 atom stereocenters. The molecule has 19 heavy (non-hydrogen) atoms. The molecule has 1 aliphatic rings. The first kappa shape index (κ1) is 15.5. The Balaban J connectivity index is 2.98. The maximum absolute atomic E-state index is 11.4. The summed E-state index contributed by atoms with van der Waals surface area (Å²) in [5, 5.41) is 9.40. The van der Waals surface area contributed by atoms with Gasteiger partial charge in [-0.15, -0.1) is 0 Å². The fourth-order valence-corrected chi connectivity index (χ4v) is 2.18. The number of carboxylic acid groups (broad SMARTS) is 1. The van der Waals surface area contributed by atoms with Crippen LogP contribution in [0.1, 0.15) is 52.9 Å². The van der Waals surface area contributed by atoms with Crippen LogP contribution in [0.25, 0.3) is 0 Å². The van der Waals surface area contributed by atoms with E-state index in [9.17, 15) is 9.90 Å². The summed E-state index contributed by atoms with van der Waals surface area (Å²) in [5.74, 6) is -0.813. The average molecular weight is 260 g/mol. The summed E-state index contributed by atoms with van der Waals surface area (Å²) in [7, 11) is 0. The van der Waals surface area contributed by atoms with Crippen molar-refractivity contribution in [1.29, 1.82) is 0 Å². The van der Waals surface area contributed by atoms with Gasteiger partial charge in [-0.2, -0.15) is 0 Å². The number of hydrogen-bond acceptors (Lipinski definition) is 1. The molecule has 0 unspecified atom stereocenters. The molecular weight excluding hydrogens is 236 g/mol. The SMILES string of the molecule is CC/C(C)=C/C=C/C(C)=C(/C(=O)O)C1=CCCCC1. The summed E-state index contributed by atoms with van der Waals surface area (Å²) in [6.07, 6.45) is 13.1. The van der Waals surface area contributed by atoms with Gasteiger partial charge in [0.15, 0.2) is 0 Å². The van der Waals surface area contributed by atoms with Gasteiger partial charge in [0, 0.05) is 0 Å². The Bertz CT molecular complexity index is 448. The molecule has 2 nitrogen and oxygen atoms in total. The first-order valence-electron chi connectivity index (χ1n) is 7.03. The van der Waals surface area contributed by atoms with Crippen LogP contribution in [0.15, 0.2) is 46.6 Å². The van der Waals surface area contributed by atoms with Gasteiger partial charge in [-0.3, -0.25) is 0 Å². The summed E-state index contributed by atoms with van der Waals surface area (Å²) in [4.78, 5) is 11.4. The highest BCUT2D eigenvalue weighted by atomic mass is 16.4. The Morgan fingerprint density at radius 2 is 2.11 bits per heavy atom. The van der Waals surface area contributed by atoms with E-state index in [-0.39, 0.29) is 0 Å². The standard InChI is InChI=1S/C17H24O2/c1-4-13(2)9-8-10-14(3)16(17(18)19)15-11-6-5-7-12-15/h8-11H,4-7,12H2,1-3H3,(H,18,19)/b10-8+,13-9+,16-14+. The maximum atomic E-state index is 11.4. The van der Waals surface area contributed by atoms with Crippen molar-refractivity contribution in [3.63, 3.8) is 0 Å². The van der Waals surface area contributed by atoms with Crippen LogP contribution in [-0.4, -0.2) is 11.1 Å². The summed E-state index contributed by atoms with van der Waals surface area (Å²) in [6, 6.07) is 0. The van der Waals surface area contributed by atoms with Crippen LogP contribution in [-0.2, 0) is 4.79 Å². The van der Waals surface area contributed by atoms with E-state index in [1.165, 1.54) is 12.0 Å². The van der Waals surface area contributed by atoms with E-state index in [1.54, 1.807) is 0 Å². The van der Waals surface area contributed by atoms with Crippen LogP contribution >= 0.6 is 0 Å². The molecule has 0 aliphatic heterocycles. The van der Waals surface area contributed by atoms with Crippen LogP contribution in [0.5, 0.6) is 0 Å². The first-order chi connectivity index (χ1) is 9.06. The Hall–Kier alpha value is -1.57. The number of aliphatic carboxylic acids is 1. The topological polar surface area (TPSA) is 37.3 Å². The normalized spacial score (nSPS) is 18.3. The summed E-state index contributed by atoms with van der Waals surface area (Å²) < 4.78 is 0. The molecule has 0 bridgehead atoms. The second-order valence-corrected chi connectivity index (χ2v) is 5.06. The molecule has 0 aromatic carbocycles. The first-order valence-corrected chi connectivity index (χ1v) is 7.03. The predicted octanol–water partition coefficient (Wildman–Crippen LogP) is 4.80. The smallest absolute Gasteiger partial charge is 0.336 e. The molecule has 0 heterocycles. The quantitative estimate of drug-likeness (QED) is 0.569. The monoisotopic (exact) mass is 260 g/mol. The third-order valence-corrected chi connectivity index (χ3v) is 3.50. The van der Waals surface area contributed by atoms with Crippen molar-refractivity contribution < 1.29 is 9.90 Å². The number of carbonyl (C=O) groups is 1. The summed E-state index contributed by atoms with van der Waals surface area (Å²) >= 11 is 0. The van der Waals surface area contributed by atoms with E-state index in [4.69, 9.17) is 0 Å². The average Bonchev–Trinajstić information content (AvgIpc) is 2.39. The predicted molar refractivity (Wildman–Crippen MR) is 80.1 cm³/mol. The van der Waals surface area contributed by atoms with Gasteiger partial charge in [-0.1, -0.05) is 36.8 Å². The minimum atomic E-state index is -0.813. The van der Waals surface area contributed by atoms with Gasteiger partial charge in [0.2, 0.25) is 0 Å². The lowest BCUT2D eigenvalue weighted by molar-refractivity contribution is -0.132. The largest absolute Gasteiger partial charge is 0.478 e. The Kier molecular flexibility index (Phi) is 6.34. The van der Waals surface area contributed by atoms with E-state index >= 15 is 0 Å². The lowest BCUT2D eigenvalue weighted by Gasteiger charge is -2.14. The molecule has 0 aromatic heterocycles. The second kappa shape index (κ2) is 7.78. The van der Waals surface area contributed by atoms with E-state index in [2.05, 4.69) is 19.9 Å². The van der Waals surface area contributed by atoms with Crippen molar-refractivity contribution in [1.82, 2.24) is 0 Å².